The Morgan fingerprint density at radius 1 is 1.62 bits per heavy atom. The van der Waals surface area contributed by atoms with Gasteiger partial charge >= 0.3 is 0 Å². The second-order valence-corrected chi connectivity index (χ2v) is 4.40. The van der Waals surface area contributed by atoms with Crippen molar-refractivity contribution in [2.24, 2.45) is 0 Å². The number of likely N-dealkylation sites (tertiary alicyclic amines) is 1. The van der Waals surface area contributed by atoms with Gasteiger partial charge in [0.15, 0.2) is 5.88 Å². The Bertz CT molecular complexity index is 251. The van der Waals surface area contributed by atoms with E-state index in [-0.39, 0.29) is 11.9 Å². The van der Waals surface area contributed by atoms with Crippen LogP contribution in [-0.4, -0.2) is 41.0 Å². The number of aliphatic hydroxyl groups excluding tert-OH is 2. The first-order valence-corrected chi connectivity index (χ1v) is 6.15. The summed E-state index contributed by atoms with van der Waals surface area (Å²) in [7, 11) is 1.73. The summed E-state index contributed by atoms with van der Waals surface area (Å²) in [5.74, 6) is 0.281. The molecule has 2 unspecified atom stereocenters. The van der Waals surface area contributed by atoms with Crippen LogP contribution in [0.25, 0.3) is 0 Å². The number of hydrogen-bond acceptors (Lipinski definition) is 4. The lowest BCUT2D eigenvalue weighted by molar-refractivity contribution is -0.0158. The van der Waals surface area contributed by atoms with Crippen LogP contribution >= 0.6 is 0 Å². The van der Waals surface area contributed by atoms with E-state index in [2.05, 4.69) is 17.1 Å². The van der Waals surface area contributed by atoms with E-state index in [1.807, 2.05) is 0 Å². The van der Waals surface area contributed by atoms with Crippen molar-refractivity contribution in [2.45, 2.75) is 51.8 Å². The molecular formula is C12H24N2O2. The van der Waals surface area contributed by atoms with Crippen LogP contribution in [0.5, 0.6) is 0 Å². The van der Waals surface area contributed by atoms with Gasteiger partial charge in [-0.15, -0.1) is 0 Å². The zero-order chi connectivity index (χ0) is 12.1. The molecule has 1 heterocycles. The zero-order valence-electron chi connectivity index (χ0n) is 10.5. The molecule has 0 saturated carbocycles. The van der Waals surface area contributed by atoms with Gasteiger partial charge in [0.25, 0.3) is 0 Å². The fourth-order valence-electron chi connectivity index (χ4n) is 2.47. The van der Waals surface area contributed by atoms with Gasteiger partial charge < -0.3 is 15.5 Å². The number of hydrogen-bond donors (Lipinski definition) is 3. The van der Waals surface area contributed by atoms with E-state index in [9.17, 15) is 10.2 Å². The molecule has 0 amide bonds. The molecule has 2 atom stereocenters. The van der Waals surface area contributed by atoms with E-state index in [4.69, 9.17) is 0 Å². The van der Waals surface area contributed by atoms with Crippen LogP contribution in [0.3, 0.4) is 0 Å². The molecule has 0 bridgehead atoms. The first-order valence-electron chi connectivity index (χ1n) is 6.15. The summed E-state index contributed by atoms with van der Waals surface area (Å²) < 4.78 is 0. The van der Waals surface area contributed by atoms with Crippen LogP contribution in [0.4, 0.5) is 0 Å². The molecule has 0 aliphatic carbocycles. The van der Waals surface area contributed by atoms with Gasteiger partial charge in [0.2, 0.25) is 0 Å². The summed E-state index contributed by atoms with van der Waals surface area (Å²) in [6, 6.07) is 0.172. The summed E-state index contributed by atoms with van der Waals surface area (Å²) >= 11 is 0. The number of nitrogens with zero attached hydrogens (tertiary/aromatic N) is 1. The predicted molar refractivity (Wildman–Crippen MR) is 65.0 cm³/mol. The minimum Gasteiger partial charge on any atom is -0.495 e. The quantitative estimate of drug-likeness (QED) is 0.639. The third-order valence-electron chi connectivity index (χ3n) is 3.25. The predicted octanol–water partition coefficient (Wildman–Crippen LogP) is 1.58. The van der Waals surface area contributed by atoms with Crippen molar-refractivity contribution in [3.8, 4) is 0 Å². The molecule has 0 spiro atoms. The summed E-state index contributed by atoms with van der Waals surface area (Å²) in [6.07, 6.45) is 3.49. The van der Waals surface area contributed by atoms with Gasteiger partial charge in [-0.2, -0.15) is 0 Å². The molecular weight excluding hydrogens is 204 g/mol. The molecule has 0 aromatic carbocycles. The Labute approximate surface area is 98.0 Å². The van der Waals surface area contributed by atoms with Gasteiger partial charge in [-0.1, -0.05) is 13.3 Å². The van der Waals surface area contributed by atoms with Crippen molar-refractivity contribution >= 4 is 0 Å². The monoisotopic (exact) mass is 228 g/mol. The Hall–Kier alpha value is -0.740. The fraction of sp³-hybridized carbons (Fsp3) is 0.833. The molecule has 94 valence electrons. The standard InChI is InChI=1S/C12H24N2O2/c1-4-6-11-10(12(16)13-3)7-5-8-14(11)9(2)15/h9,11,13,15-16H,4-8H2,1-3H3/b12-10+. The molecule has 1 saturated heterocycles. The maximum Gasteiger partial charge on any atom is 0.184 e. The zero-order valence-corrected chi connectivity index (χ0v) is 10.5. The van der Waals surface area contributed by atoms with Gasteiger partial charge in [0.1, 0.15) is 6.23 Å². The second-order valence-electron chi connectivity index (χ2n) is 4.40. The number of nitrogens with one attached hydrogen (secondary N) is 1. The highest BCUT2D eigenvalue weighted by Gasteiger charge is 2.30. The fourth-order valence-corrected chi connectivity index (χ4v) is 2.47. The van der Waals surface area contributed by atoms with E-state index >= 15 is 0 Å². The SMILES string of the molecule is CCCC1/C(=C(/O)NC)CCCN1C(C)O. The van der Waals surface area contributed by atoms with Crippen LogP contribution in [0.1, 0.15) is 39.5 Å². The van der Waals surface area contributed by atoms with E-state index < -0.39 is 6.23 Å². The average molecular weight is 228 g/mol. The second kappa shape index (κ2) is 6.11. The molecule has 1 aliphatic heterocycles. The van der Waals surface area contributed by atoms with E-state index in [1.165, 1.54) is 0 Å². The van der Waals surface area contributed by atoms with Crippen molar-refractivity contribution in [1.29, 1.82) is 0 Å². The largest absolute Gasteiger partial charge is 0.495 e. The molecule has 3 N–H and O–H groups in total. The minimum atomic E-state index is -0.448. The maximum absolute atomic E-state index is 9.84. The van der Waals surface area contributed by atoms with Crippen molar-refractivity contribution in [2.75, 3.05) is 13.6 Å². The van der Waals surface area contributed by atoms with Crippen molar-refractivity contribution in [3.63, 3.8) is 0 Å². The van der Waals surface area contributed by atoms with Crippen LogP contribution in [0.2, 0.25) is 0 Å². The molecule has 0 aromatic rings. The first-order chi connectivity index (χ1) is 7.61. The number of rotatable bonds is 4. The normalized spacial score (nSPS) is 27.6. The Morgan fingerprint density at radius 3 is 2.81 bits per heavy atom. The molecule has 1 aliphatic rings. The Kier molecular flexibility index (Phi) is 5.09. The summed E-state index contributed by atoms with van der Waals surface area (Å²) in [5, 5.41) is 22.4. The van der Waals surface area contributed by atoms with Crippen LogP contribution in [0, 0.1) is 0 Å². The van der Waals surface area contributed by atoms with Crippen molar-refractivity contribution < 1.29 is 10.2 Å². The highest BCUT2D eigenvalue weighted by Crippen LogP contribution is 2.28. The van der Waals surface area contributed by atoms with Gasteiger partial charge in [-0.25, -0.2) is 0 Å². The van der Waals surface area contributed by atoms with Crippen molar-refractivity contribution in [3.05, 3.63) is 11.5 Å². The third-order valence-corrected chi connectivity index (χ3v) is 3.25. The smallest absolute Gasteiger partial charge is 0.184 e. The van der Waals surface area contributed by atoms with E-state index in [0.717, 1.165) is 37.8 Å². The lowest BCUT2D eigenvalue weighted by Crippen LogP contribution is -2.47. The summed E-state index contributed by atoms with van der Waals surface area (Å²) in [5.41, 5.74) is 1.04. The lowest BCUT2D eigenvalue weighted by Gasteiger charge is -2.39. The Balaban J connectivity index is 2.90. The van der Waals surface area contributed by atoms with Crippen molar-refractivity contribution in [1.82, 2.24) is 10.2 Å². The van der Waals surface area contributed by atoms with Gasteiger partial charge in [0.05, 0.1) is 0 Å². The Morgan fingerprint density at radius 2 is 2.31 bits per heavy atom. The van der Waals surface area contributed by atoms with E-state index in [0.29, 0.717) is 0 Å². The van der Waals surface area contributed by atoms with E-state index in [1.54, 1.807) is 14.0 Å². The van der Waals surface area contributed by atoms with Crippen LogP contribution in [-0.2, 0) is 0 Å². The van der Waals surface area contributed by atoms with Gasteiger partial charge in [-0.05, 0) is 26.2 Å². The topological polar surface area (TPSA) is 55.7 Å². The molecule has 16 heavy (non-hydrogen) atoms. The highest BCUT2D eigenvalue weighted by atomic mass is 16.3. The van der Waals surface area contributed by atoms with Crippen LogP contribution < -0.4 is 5.32 Å². The third kappa shape index (κ3) is 2.89. The lowest BCUT2D eigenvalue weighted by atomic mass is 9.92. The van der Waals surface area contributed by atoms with Crippen LogP contribution in [0.15, 0.2) is 11.5 Å². The summed E-state index contributed by atoms with van der Waals surface area (Å²) in [6.45, 7) is 4.83. The molecule has 1 fully saturated rings. The first kappa shape index (κ1) is 13.3. The highest BCUT2D eigenvalue weighted by molar-refractivity contribution is 5.16. The molecule has 0 aromatic heterocycles. The number of piperidine rings is 1. The summed E-state index contributed by atoms with van der Waals surface area (Å²) in [4.78, 5) is 2.07. The maximum atomic E-state index is 9.84. The molecule has 0 radical (unpaired) electrons. The van der Waals surface area contributed by atoms with Gasteiger partial charge in [0, 0.05) is 25.2 Å². The number of aliphatic hydroxyl groups is 2. The van der Waals surface area contributed by atoms with Gasteiger partial charge in [-0.3, -0.25) is 4.90 Å². The molecule has 4 heteroatoms. The molecule has 4 nitrogen and oxygen atoms in total. The average Bonchev–Trinajstić information content (AvgIpc) is 2.28. The molecule has 1 rings (SSSR count). The minimum absolute atomic E-state index is 0.172.